The Morgan fingerprint density at radius 3 is 2.24 bits per heavy atom. The summed E-state index contributed by atoms with van der Waals surface area (Å²) in [5.41, 5.74) is 4.08. The lowest BCUT2D eigenvalue weighted by Crippen LogP contribution is -2.44. The molecule has 0 radical (unpaired) electrons. The normalized spacial score (nSPS) is 26.4. The molecular formula is C24H33N5O4. The molecule has 4 saturated heterocycles. The molecule has 9 nitrogen and oxygen atoms in total. The number of piperazine rings is 1. The Bertz CT molecular complexity index is 915. The van der Waals surface area contributed by atoms with E-state index in [1.165, 1.54) is 16.8 Å². The zero-order chi connectivity index (χ0) is 23.1. The Morgan fingerprint density at radius 2 is 1.61 bits per heavy atom. The molecule has 0 N–H and O–H groups in total. The van der Waals surface area contributed by atoms with E-state index in [1.54, 1.807) is 4.90 Å². The third-order valence-corrected chi connectivity index (χ3v) is 7.65. The van der Waals surface area contributed by atoms with Crippen molar-refractivity contribution in [3.05, 3.63) is 29.3 Å². The third kappa shape index (κ3) is 4.44. The number of amides is 3. The summed E-state index contributed by atoms with van der Waals surface area (Å²) in [6, 6.07) is 6.64. The van der Waals surface area contributed by atoms with E-state index in [9.17, 15) is 14.4 Å². The van der Waals surface area contributed by atoms with Gasteiger partial charge in [0.05, 0.1) is 0 Å². The molecule has 2 unspecified atom stereocenters. The molecule has 0 saturated carbocycles. The number of likely N-dealkylation sites (N-methyl/N-ethyl adjacent to an activating group) is 1. The van der Waals surface area contributed by atoms with Gasteiger partial charge in [-0.15, -0.1) is 5.06 Å². The first-order valence-corrected chi connectivity index (χ1v) is 12.0. The number of nitrogens with zero attached hydrogens (tertiary/aromatic N) is 5. The van der Waals surface area contributed by atoms with Crippen molar-refractivity contribution in [2.24, 2.45) is 11.8 Å². The summed E-state index contributed by atoms with van der Waals surface area (Å²) in [4.78, 5) is 50.0. The minimum Gasteiger partial charge on any atom is -0.369 e. The fourth-order valence-corrected chi connectivity index (χ4v) is 5.63. The van der Waals surface area contributed by atoms with Gasteiger partial charge >= 0.3 is 6.09 Å². The lowest BCUT2D eigenvalue weighted by atomic mass is 10.0. The molecule has 33 heavy (non-hydrogen) atoms. The maximum atomic E-state index is 12.5. The van der Waals surface area contributed by atoms with Crippen LogP contribution in [0.4, 0.5) is 10.5 Å². The fraction of sp³-hybridized carbons (Fsp3) is 0.625. The number of fused-ring (bicyclic) bond motifs is 1. The van der Waals surface area contributed by atoms with Crippen molar-refractivity contribution in [3.8, 4) is 0 Å². The monoisotopic (exact) mass is 455 g/mol. The maximum Gasteiger partial charge on any atom is 0.434 e. The molecule has 4 aliphatic heterocycles. The van der Waals surface area contributed by atoms with Gasteiger partial charge in [0.15, 0.2) is 0 Å². The second kappa shape index (κ2) is 8.95. The first kappa shape index (κ1) is 22.2. The van der Waals surface area contributed by atoms with Gasteiger partial charge < -0.3 is 19.5 Å². The van der Waals surface area contributed by atoms with E-state index in [-0.39, 0.29) is 12.8 Å². The molecule has 178 valence electrons. The summed E-state index contributed by atoms with van der Waals surface area (Å²) in [6.07, 6.45) is -0.362. The van der Waals surface area contributed by atoms with E-state index in [2.05, 4.69) is 46.9 Å². The minimum atomic E-state index is -0.588. The number of carbonyl (C=O) groups excluding carboxylic acids is 3. The van der Waals surface area contributed by atoms with Gasteiger partial charge in [-0.25, -0.2) is 4.79 Å². The van der Waals surface area contributed by atoms with Crippen LogP contribution in [-0.4, -0.2) is 97.1 Å². The summed E-state index contributed by atoms with van der Waals surface area (Å²) < 4.78 is 0. The van der Waals surface area contributed by atoms with Crippen molar-refractivity contribution < 1.29 is 19.2 Å². The molecule has 9 heteroatoms. The van der Waals surface area contributed by atoms with Crippen LogP contribution in [0.2, 0.25) is 0 Å². The van der Waals surface area contributed by atoms with Crippen LogP contribution >= 0.6 is 0 Å². The van der Waals surface area contributed by atoms with Gasteiger partial charge in [-0.3, -0.25) is 14.5 Å². The highest BCUT2D eigenvalue weighted by molar-refractivity contribution is 6.01. The van der Waals surface area contributed by atoms with E-state index in [0.717, 1.165) is 45.8 Å². The van der Waals surface area contributed by atoms with Crippen molar-refractivity contribution in [3.63, 3.8) is 0 Å². The van der Waals surface area contributed by atoms with E-state index < -0.39 is 17.9 Å². The molecule has 0 aliphatic carbocycles. The lowest BCUT2D eigenvalue weighted by Gasteiger charge is -2.35. The summed E-state index contributed by atoms with van der Waals surface area (Å²) in [7, 11) is 2.18. The molecule has 4 heterocycles. The van der Waals surface area contributed by atoms with Gasteiger partial charge in [-0.05, 0) is 43.0 Å². The topological polar surface area (TPSA) is 76.6 Å². The smallest absolute Gasteiger partial charge is 0.369 e. The van der Waals surface area contributed by atoms with Crippen LogP contribution in [0.1, 0.15) is 24.0 Å². The molecule has 0 spiro atoms. The Balaban J connectivity index is 1.16. The van der Waals surface area contributed by atoms with Crippen LogP contribution in [-0.2, 0) is 21.0 Å². The van der Waals surface area contributed by atoms with E-state index >= 15 is 0 Å². The Kier molecular flexibility index (Phi) is 6.01. The largest absolute Gasteiger partial charge is 0.434 e. The second-order valence-corrected chi connectivity index (χ2v) is 9.91. The summed E-state index contributed by atoms with van der Waals surface area (Å²) in [6.45, 7) is 10.6. The molecule has 1 aromatic carbocycles. The zero-order valence-electron chi connectivity index (χ0n) is 19.5. The van der Waals surface area contributed by atoms with Crippen LogP contribution in [0.5, 0.6) is 0 Å². The third-order valence-electron chi connectivity index (χ3n) is 7.65. The number of rotatable bonds is 4. The van der Waals surface area contributed by atoms with Crippen LogP contribution < -0.4 is 4.90 Å². The molecule has 4 fully saturated rings. The molecule has 5 rings (SSSR count). The Hall–Kier alpha value is -2.65. The Morgan fingerprint density at radius 1 is 0.970 bits per heavy atom. The predicted molar refractivity (Wildman–Crippen MR) is 122 cm³/mol. The van der Waals surface area contributed by atoms with Gasteiger partial charge in [-0.2, -0.15) is 0 Å². The van der Waals surface area contributed by atoms with Gasteiger partial charge in [-0.1, -0.05) is 12.1 Å². The average molecular weight is 456 g/mol. The molecular weight excluding hydrogens is 422 g/mol. The number of hydrogen-bond donors (Lipinski definition) is 0. The summed E-state index contributed by atoms with van der Waals surface area (Å²) in [5, 5.41) is 0.638. The zero-order valence-corrected chi connectivity index (χ0v) is 19.5. The van der Waals surface area contributed by atoms with Crippen molar-refractivity contribution in [2.45, 2.75) is 26.3 Å². The summed E-state index contributed by atoms with van der Waals surface area (Å²) >= 11 is 0. The first-order valence-electron chi connectivity index (χ1n) is 12.0. The van der Waals surface area contributed by atoms with Crippen LogP contribution in [0.15, 0.2) is 18.2 Å². The maximum absolute atomic E-state index is 12.5. The number of hydroxylamine groups is 2. The number of benzene rings is 1. The van der Waals surface area contributed by atoms with E-state index in [0.29, 0.717) is 30.0 Å². The highest BCUT2D eigenvalue weighted by Crippen LogP contribution is 2.34. The summed E-state index contributed by atoms with van der Waals surface area (Å²) in [5.74, 6) is -0.0894. The Labute approximate surface area is 194 Å². The van der Waals surface area contributed by atoms with Crippen LogP contribution in [0.25, 0.3) is 0 Å². The van der Waals surface area contributed by atoms with Gasteiger partial charge in [0, 0.05) is 77.4 Å². The number of imide groups is 1. The van der Waals surface area contributed by atoms with E-state index in [4.69, 9.17) is 4.84 Å². The molecule has 0 bridgehead atoms. The standard InChI is InChI=1S/C24H33N5O4/c1-17-18(4-3-5-21(17)27-10-8-25(2)9-11-27)12-26-13-19-15-28(16-20(19)14-26)24(32)33-29-22(30)6-7-23(29)31/h3-5,19-20H,6-16H2,1-2H3. The van der Waals surface area contributed by atoms with Crippen molar-refractivity contribution in [1.82, 2.24) is 19.8 Å². The minimum absolute atomic E-state index is 0.113. The SMILES string of the molecule is Cc1c(CN2CC3CN(C(=O)ON4C(=O)CCC4=O)CC3C2)cccc1N1CCN(C)CC1. The van der Waals surface area contributed by atoms with Gasteiger partial charge in [0.25, 0.3) is 11.8 Å². The number of anilines is 1. The molecule has 1 aromatic rings. The van der Waals surface area contributed by atoms with Crippen molar-refractivity contribution in [2.75, 3.05) is 64.3 Å². The number of hydrogen-bond acceptors (Lipinski definition) is 7. The highest BCUT2D eigenvalue weighted by atomic mass is 16.7. The van der Waals surface area contributed by atoms with Crippen molar-refractivity contribution >= 4 is 23.6 Å². The second-order valence-electron chi connectivity index (χ2n) is 9.91. The highest BCUT2D eigenvalue weighted by Gasteiger charge is 2.43. The van der Waals surface area contributed by atoms with E-state index in [1.807, 2.05) is 0 Å². The first-order chi connectivity index (χ1) is 15.9. The number of carbonyl (C=O) groups is 3. The number of likely N-dealkylation sites (tertiary alicyclic amines) is 2. The average Bonchev–Trinajstić information content (AvgIpc) is 3.45. The lowest BCUT2D eigenvalue weighted by molar-refractivity contribution is -0.173. The predicted octanol–water partition coefficient (Wildman–Crippen LogP) is 1.31. The molecule has 4 aliphatic rings. The van der Waals surface area contributed by atoms with Crippen molar-refractivity contribution in [1.29, 1.82) is 0 Å². The molecule has 3 amide bonds. The van der Waals surface area contributed by atoms with Gasteiger partial charge in [0.2, 0.25) is 0 Å². The fourth-order valence-electron chi connectivity index (χ4n) is 5.63. The van der Waals surface area contributed by atoms with Crippen LogP contribution in [0, 0.1) is 18.8 Å². The van der Waals surface area contributed by atoms with Gasteiger partial charge in [0.1, 0.15) is 0 Å². The molecule has 2 atom stereocenters. The quantitative estimate of drug-likeness (QED) is 0.634. The molecule has 0 aromatic heterocycles. The van der Waals surface area contributed by atoms with Crippen LogP contribution in [0.3, 0.4) is 0 Å².